The highest BCUT2D eigenvalue weighted by molar-refractivity contribution is 5.80. The molecule has 7 nitrogen and oxygen atoms in total. The Labute approximate surface area is 98.3 Å². The number of aliphatic hydroxyl groups excluding tert-OH is 1. The SMILES string of the molecule is CCOC(=O)CC(C)OC(=O)CC(O)C(=O)O. The molecule has 0 aliphatic carbocycles. The zero-order valence-electron chi connectivity index (χ0n) is 9.71. The van der Waals surface area contributed by atoms with Gasteiger partial charge in [0.1, 0.15) is 6.10 Å². The maximum absolute atomic E-state index is 11.1. The molecule has 0 aliphatic rings. The molecule has 98 valence electrons. The van der Waals surface area contributed by atoms with E-state index in [-0.39, 0.29) is 13.0 Å². The number of hydrogen-bond acceptors (Lipinski definition) is 6. The number of carbonyl (C=O) groups excluding carboxylic acids is 2. The zero-order chi connectivity index (χ0) is 13.4. The van der Waals surface area contributed by atoms with Crippen LogP contribution in [0.25, 0.3) is 0 Å². The van der Waals surface area contributed by atoms with E-state index >= 15 is 0 Å². The highest BCUT2D eigenvalue weighted by atomic mass is 16.6. The average molecular weight is 248 g/mol. The lowest BCUT2D eigenvalue weighted by atomic mass is 10.2. The van der Waals surface area contributed by atoms with Crippen LogP contribution in [0.3, 0.4) is 0 Å². The van der Waals surface area contributed by atoms with Gasteiger partial charge in [0.2, 0.25) is 0 Å². The third-order valence-electron chi connectivity index (χ3n) is 1.74. The summed E-state index contributed by atoms with van der Waals surface area (Å²) in [4.78, 5) is 32.4. The number of ether oxygens (including phenoxy) is 2. The Bertz CT molecular complexity index is 286. The van der Waals surface area contributed by atoms with Gasteiger partial charge in [-0.05, 0) is 13.8 Å². The van der Waals surface area contributed by atoms with Crippen LogP contribution in [0.1, 0.15) is 26.7 Å². The first-order chi connectivity index (χ1) is 7.86. The molecule has 0 aromatic heterocycles. The third kappa shape index (κ3) is 7.29. The maximum Gasteiger partial charge on any atom is 0.333 e. The van der Waals surface area contributed by atoms with E-state index in [1.54, 1.807) is 6.92 Å². The van der Waals surface area contributed by atoms with Gasteiger partial charge in [0, 0.05) is 0 Å². The minimum atomic E-state index is -1.79. The molecule has 0 spiro atoms. The summed E-state index contributed by atoms with van der Waals surface area (Å²) in [6, 6.07) is 0. The number of carbonyl (C=O) groups is 3. The molecule has 2 N–H and O–H groups in total. The van der Waals surface area contributed by atoms with E-state index in [0.29, 0.717) is 0 Å². The summed E-state index contributed by atoms with van der Waals surface area (Å²) in [5.74, 6) is -2.89. The van der Waals surface area contributed by atoms with Crippen molar-refractivity contribution < 1.29 is 34.1 Å². The lowest BCUT2D eigenvalue weighted by Gasteiger charge is -2.13. The molecule has 0 heterocycles. The summed E-state index contributed by atoms with van der Waals surface area (Å²) < 4.78 is 9.36. The van der Waals surface area contributed by atoms with Crippen LogP contribution in [0.4, 0.5) is 0 Å². The van der Waals surface area contributed by atoms with E-state index in [4.69, 9.17) is 14.9 Å². The van der Waals surface area contributed by atoms with Gasteiger partial charge in [0.15, 0.2) is 6.10 Å². The predicted molar refractivity (Wildman–Crippen MR) is 55.1 cm³/mol. The number of esters is 2. The van der Waals surface area contributed by atoms with Gasteiger partial charge in [-0.25, -0.2) is 4.79 Å². The number of carboxylic acid groups (broad SMARTS) is 1. The smallest absolute Gasteiger partial charge is 0.333 e. The molecule has 0 saturated heterocycles. The summed E-state index contributed by atoms with van der Waals surface area (Å²) >= 11 is 0. The first kappa shape index (κ1) is 15.4. The third-order valence-corrected chi connectivity index (χ3v) is 1.74. The normalized spacial score (nSPS) is 13.6. The van der Waals surface area contributed by atoms with Crippen LogP contribution in [-0.4, -0.2) is 46.9 Å². The standard InChI is InChI=1S/C10H16O7/c1-3-16-8(12)4-6(2)17-9(13)5-7(11)10(14)15/h6-7,11H,3-5H2,1-2H3,(H,14,15). The van der Waals surface area contributed by atoms with Gasteiger partial charge >= 0.3 is 17.9 Å². The monoisotopic (exact) mass is 248 g/mol. The number of carboxylic acids is 1. The molecular weight excluding hydrogens is 232 g/mol. The van der Waals surface area contributed by atoms with Crippen LogP contribution in [-0.2, 0) is 23.9 Å². The molecule has 0 bridgehead atoms. The Hall–Kier alpha value is -1.63. The largest absolute Gasteiger partial charge is 0.479 e. The molecule has 0 aromatic carbocycles. The molecule has 0 radical (unpaired) electrons. The summed E-state index contributed by atoms with van der Waals surface area (Å²) in [6.45, 7) is 3.36. The van der Waals surface area contributed by atoms with Gasteiger partial charge in [-0.2, -0.15) is 0 Å². The minimum absolute atomic E-state index is 0.108. The number of aliphatic carboxylic acids is 1. The van der Waals surface area contributed by atoms with Crippen LogP contribution in [0, 0.1) is 0 Å². The second-order valence-corrected chi connectivity index (χ2v) is 3.37. The molecule has 0 fully saturated rings. The van der Waals surface area contributed by atoms with Crippen LogP contribution in [0.5, 0.6) is 0 Å². The van der Waals surface area contributed by atoms with Gasteiger partial charge in [-0.1, -0.05) is 0 Å². The van der Waals surface area contributed by atoms with E-state index in [1.165, 1.54) is 6.92 Å². The number of hydrogen-bond donors (Lipinski definition) is 2. The van der Waals surface area contributed by atoms with Gasteiger partial charge in [0.05, 0.1) is 19.4 Å². The van der Waals surface area contributed by atoms with E-state index in [1.807, 2.05) is 0 Å². The fourth-order valence-electron chi connectivity index (χ4n) is 1.01. The highest BCUT2D eigenvalue weighted by Gasteiger charge is 2.21. The number of rotatable bonds is 7. The first-order valence-electron chi connectivity index (χ1n) is 5.12. The van der Waals surface area contributed by atoms with Gasteiger partial charge in [0.25, 0.3) is 0 Å². The lowest BCUT2D eigenvalue weighted by Crippen LogP contribution is -2.27. The predicted octanol–water partition coefficient (Wildman–Crippen LogP) is -0.293. The Balaban J connectivity index is 3.95. The van der Waals surface area contributed by atoms with Crippen molar-refractivity contribution in [1.82, 2.24) is 0 Å². The topological polar surface area (TPSA) is 110 Å². The molecule has 7 heteroatoms. The highest BCUT2D eigenvalue weighted by Crippen LogP contribution is 2.03. The molecule has 0 aliphatic heterocycles. The first-order valence-corrected chi connectivity index (χ1v) is 5.12. The molecule has 2 unspecified atom stereocenters. The van der Waals surface area contributed by atoms with Crippen molar-refractivity contribution in [2.45, 2.75) is 38.9 Å². The molecule has 2 atom stereocenters. The summed E-state index contributed by atoms with van der Waals surface area (Å²) in [7, 11) is 0. The summed E-state index contributed by atoms with van der Waals surface area (Å²) in [6.07, 6.45) is -3.27. The van der Waals surface area contributed by atoms with Crippen molar-refractivity contribution in [3.8, 4) is 0 Å². The summed E-state index contributed by atoms with van der Waals surface area (Å²) in [5.41, 5.74) is 0. The van der Waals surface area contributed by atoms with Crippen LogP contribution >= 0.6 is 0 Å². The van der Waals surface area contributed by atoms with Crippen molar-refractivity contribution in [3.05, 3.63) is 0 Å². The molecule has 0 rings (SSSR count). The van der Waals surface area contributed by atoms with Crippen molar-refractivity contribution >= 4 is 17.9 Å². The van der Waals surface area contributed by atoms with Crippen molar-refractivity contribution in [3.63, 3.8) is 0 Å². The fourth-order valence-corrected chi connectivity index (χ4v) is 1.01. The molecule has 17 heavy (non-hydrogen) atoms. The molecule has 0 aromatic rings. The van der Waals surface area contributed by atoms with Gasteiger partial charge in [-0.15, -0.1) is 0 Å². The minimum Gasteiger partial charge on any atom is -0.479 e. The fraction of sp³-hybridized carbons (Fsp3) is 0.700. The molecule has 0 saturated carbocycles. The second kappa shape index (κ2) is 7.61. The van der Waals surface area contributed by atoms with Crippen LogP contribution in [0.15, 0.2) is 0 Å². The van der Waals surface area contributed by atoms with Gasteiger partial charge < -0.3 is 19.7 Å². The van der Waals surface area contributed by atoms with Crippen molar-refractivity contribution in [1.29, 1.82) is 0 Å². The zero-order valence-corrected chi connectivity index (χ0v) is 9.71. The number of aliphatic hydroxyl groups is 1. The van der Waals surface area contributed by atoms with E-state index < -0.39 is 36.5 Å². The van der Waals surface area contributed by atoms with Crippen LogP contribution in [0.2, 0.25) is 0 Å². The average Bonchev–Trinajstić information content (AvgIpc) is 2.16. The lowest BCUT2D eigenvalue weighted by molar-refractivity contribution is -0.160. The van der Waals surface area contributed by atoms with E-state index in [0.717, 1.165) is 0 Å². The summed E-state index contributed by atoms with van der Waals surface area (Å²) in [5, 5.41) is 17.2. The Kier molecular flexibility index (Phi) is 6.88. The van der Waals surface area contributed by atoms with E-state index in [2.05, 4.69) is 4.74 Å². The van der Waals surface area contributed by atoms with Gasteiger partial charge in [-0.3, -0.25) is 9.59 Å². The van der Waals surface area contributed by atoms with Crippen molar-refractivity contribution in [2.75, 3.05) is 6.61 Å². The Morgan fingerprint density at radius 2 is 1.76 bits per heavy atom. The Morgan fingerprint density at radius 3 is 2.24 bits per heavy atom. The molecule has 0 amide bonds. The van der Waals surface area contributed by atoms with Crippen LogP contribution < -0.4 is 0 Å². The van der Waals surface area contributed by atoms with Crippen molar-refractivity contribution in [2.24, 2.45) is 0 Å². The van der Waals surface area contributed by atoms with E-state index in [9.17, 15) is 14.4 Å². The Morgan fingerprint density at radius 1 is 1.18 bits per heavy atom. The second-order valence-electron chi connectivity index (χ2n) is 3.37. The maximum atomic E-state index is 11.1. The molecular formula is C10H16O7. The quantitative estimate of drug-likeness (QED) is 0.595.